The topological polar surface area (TPSA) is 67.6 Å². The van der Waals surface area contributed by atoms with Gasteiger partial charge in [-0.25, -0.2) is 9.78 Å². The number of benzene rings is 1. The summed E-state index contributed by atoms with van der Waals surface area (Å²) >= 11 is 0. The van der Waals surface area contributed by atoms with Crippen LogP contribution in [-0.2, 0) is 13.1 Å². The van der Waals surface area contributed by atoms with Gasteiger partial charge in [0, 0.05) is 12.7 Å². The van der Waals surface area contributed by atoms with Crippen LogP contribution in [0, 0.1) is 0 Å². The molecule has 3 rings (SSSR count). The van der Waals surface area contributed by atoms with Crippen LogP contribution in [0.2, 0.25) is 0 Å². The minimum Gasteiger partial charge on any atom is -0.476 e. The summed E-state index contributed by atoms with van der Waals surface area (Å²) in [6, 6.07) is 16.7. The number of amides is 2. The molecule has 2 heterocycles. The van der Waals surface area contributed by atoms with Gasteiger partial charge >= 0.3 is 6.03 Å². The van der Waals surface area contributed by atoms with E-state index in [4.69, 9.17) is 9.15 Å². The lowest BCUT2D eigenvalue weighted by molar-refractivity contribution is 0.201. The number of hydrogen-bond acceptors (Lipinski definition) is 4. The minimum atomic E-state index is -0.251. The summed E-state index contributed by atoms with van der Waals surface area (Å²) in [7, 11) is 0. The standard InChI is InChI=1S/C20H21N3O3/c1-2-25-19-18(11-6-12-21-19)22-20(24)23(15-17-10-7-13-26-17)14-16-8-4-3-5-9-16/h3-13H,2,14-15H2,1H3,(H,22,24). The highest BCUT2D eigenvalue weighted by molar-refractivity contribution is 5.90. The van der Waals surface area contributed by atoms with Gasteiger partial charge in [-0.2, -0.15) is 0 Å². The molecule has 1 N–H and O–H groups in total. The third-order valence-corrected chi connectivity index (χ3v) is 3.72. The van der Waals surface area contributed by atoms with Crippen molar-refractivity contribution in [1.82, 2.24) is 9.88 Å². The maximum absolute atomic E-state index is 12.9. The second-order valence-corrected chi connectivity index (χ2v) is 5.64. The summed E-state index contributed by atoms with van der Waals surface area (Å²) < 4.78 is 10.9. The molecule has 0 saturated heterocycles. The van der Waals surface area contributed by atoms with Crippen molar-refractivity contribution in [2.45, 2.75) is 20.0 Å². The van der Waals surface area contributed by atoms with Crippen molar-refractivity contribution in [3.63, 3.8) is 0 Å². The number of ether oxygens (including phenoxy) is 1. The van der Waals surface area contributed by atoms with E-state index in [9.17, 15) is 4.79 Å². The van der Waals surface area contributed by atoms with Crippen molar-refractivity contribution in [2.75, 3.05) is 11.9 Å². The van der Waals surface area contributed by atoms with E-state index in [-0.39, 0.29) is 6.03 Å². The molecule has 0 fully saturated rings. The molecule has 0 radical (unpaired) electrons. The Morgan fingerprint density at radius 3 is 2.69 bits per heavy atom. The number of anilines is 1. The lowest BCUT2D eigenvalue weighted by Crippen LogP contribution is -2.34. The highest BCUT2D eigenvalue weighted by atomic mass is 16.5. The lowest BCUT2D eigenvalue weighted by Gasteiger charge is -2.23. The normalized spacial score (nSPS) is 10.3. The van der Waals surface area contributed by atoms with Crippen LogP contribution in [-0.4, -0.2) is 22.5 Å². The number of nitrogens with one attached hydrogen (secondary N) is 1. The number of nitrogens with zero attached hydrogens (tertiary/aromatic N) is 2. The first-order chi connectivity index (χ1) is 12.8. The average Bonchev–Trinajstić information content (AvgIpc) is 3.17. The van der Waals surface area contributed by atoms with Crippen LogP contribution < -0.4 is 10.1 Å². The molecule has 6 nitrogen and oxygen atoms in total. The van der Waals surface area contributed by atoms with Gasteiger partial charge in [-0.15, -0.1) is 0 Å². The number of urea groups is 1. The van der Waals surface area contributed by atoms with E-state index < -0.39 is 0 Å². The van der Waals surface area contributed by atoms with Crippen LogP contribution in [0.3, 0.4) is 0 Å². The second-order valence-electron chi connectivity index (χ2n) is 5.64. The van der Waals surface area contributed by atoms with Crippen molar-refractivity contribution < 1.29 is 13.9 Å². The summed E-state index contributed by atoms with van der Waals surface area (Å²) in [6.45, 7) is 3.16. The number of pyridine rings is 1. The summed E-state index contributed by atoms with van der Waals surface area (Å²) in [5, 5.41) is 2.89. The molecule has 0 spiro atoms. The predicted octanol–water partition coefficient (Wildman–Crippen LogP) is 4.31. The van der Waals surface area contributed by atoms with Gasteiger partial charge in [-0.05, 0) is 36.8 Å². The summed E-state index contributed by atoms with van der Waals surface area (Å²) in [4.78, 5) is 18.7. The van der Waals surface area contributed by atoms with Gasteiger partial charge < -0.3 is 19.4 Å². The van der Waals surface area contributed by atoms with E-state index in [0.717, 1.165) is 5.56 Å². The molecule has 2 aromatic heterocycles. The highest BCUT2D eigenvalue weighted by Crippen LogP contribution is 2.22. The van der Waals surface area contributed by atoms with Crippen molar-refractivity contribution in [3.8, 4) is 5.88 Å². The van der Waals surface area contributed by atoms with Gasteiger partial charge in [0.2, 0.25) is 5.88 Å². The first-order valence-corrected chi connectivity index (χ1v) is 8.46. The molecule has 0 aliphatic rings. The smallest absolute Gasteiger partial charge is 0.322 e. The third-order valence-electron chi connectivity index (χ3n) is 3.72. The molecule has 3 aromatic rings. The highest BCUT2D eigenvalue weighted by Gasteiger charge is 2.18. The molecule has 6 heteroatoms. The van der Waals surface area contributed by atoms with E-state index in [0.29, 0.717) is 37.0 Å². The predicted molar refractivity (Wildman–Crippen MR) is 98.8 cm³/mol. The Morgan fingerprint density at radius 1 is 1.12 bits per heavy atom. The van der Waals surface area contributed by atoms with E-state index in [1.54, 1.807) is 29.5 Å². The van der Waals surface area contributed by atoms with E-state index in [2.05, 4.69) is 10.3 Å². The molecule has 26 heavy (non-hydrogen) atoms. The Balaban J connectivity index is 1.78. The van der Waals surface area contributed by atoms with Crippen LogP contribution in [0.1, 0.15) is 18.2 Å². The van der Waals surface area contributed by atoms with Crippen LogP contribution in [0.25, 0.3) is 0 Å². The SMILES string of the molecule is CCOc1ncccc1NC(=O)N(Cc1ccccc1)Cc1ccco1. The fourth-order valence-electron chi connectivity index (χ4n) is 2.53. The molecule has 0 saturated carbocycles. The summed E-state index contributed by atoms with van der Waals surface area (Å²) in [5.74, 6) is 1.12. The number of aromatic nitrogens is 1. The van der Waals surface area contributed by atoms with Crippen molar-refractivity contribution in [3.05, 3.63) is 78.4 Å². The van der Waals surface area contributed by atoms with Gasteiger partial charge in [-0.3, -0.25) is 0 Å². The average molecular weight is 351 g/mol. The molecule has 0 aliphatic carbocycles. The Hall–Kier alpha value is -3.28. The van der Waals surface area contributed by atoms with Gasteiger partial charge in [-0.1, -0.05) is 30.3 Å². The molecular formula is C20H21N3O3. The lowest BCUT2D eigenvalue weighted by atomic mass is 10.2. The number of carbonyl (C=O) groups excluding carboxylic acids is 1. The van der Waals surface area contributed by atoms with Gasteiger partial charge in [0.15, 0.2) is 0 Å². The van der Waals surface area contributed by atoms with Gasteiger partial charge in [0.05, 0.1) is 19.4 Å². The zero-order chi connectivity index (χ0) is 18.2. The monoisotopic (exact) mass is 351 g/mol. The number of rotatable bonds is 7. The molecule has 0 atom stereocenters. The fraction of sp³-hybridized carbons (Fsp3) is 0.200. The fourth-order valence-corrected chi connectivity index (χ4v) is 2.53. The van der Waals surface area contributed by atoms with Crippen LogP contribution in [0.5, 0.6) is 5.88 Å². The zero-order valence-electron chi connectivity index (χ0n) is 14.6. The molecule has 134 valence electrons. The summed E-state index contributed by atoms with van der Waals surface area (Å²) in [6.07, 6.45) is 3.23. The molecule has 1 aromatic carbocycles. The van der Waals surface area contributed by atoms with Gasteiger partial charge in [0.25, 0.3) is 0 Å². The first kappa shape index (κ1) is 17.5. The first-order valence-electron chi connectivity index (χ1n) is 8.46. The Morgan fingerprint density at radius 2 is 1.96 bits per heavy atom. The van der Waals surface area contributed by atoms with Crippen molar-refractivity contribution in [1.29, 1.82) is 0 Å². The Bertz CT molecular complexity index is 819. The third kappa shape index (κ3) is 4.63. The van der Waals surface area contributed by atoms with Crippen molar-refractivity contribution >= 4 is 11.7 Å². The molecule has 0 bridgehead atoms. The molecular weight excluding hydrogens is 330 g/mol. The second kappa shape index (κ2) is 8.71. The Kier molecular flexibility index (Phi) is 5.88. The number of hydrogen-bond donors (Lipinski definition) is 1. The number of furan rings is 1. The maximum Gasteiger partial charge on any atom is 0.322 e. The molecule has 0 aliphatic heterocycles. The van der Waals surface area contributed by atoms with E-state index in [1.165, 1.54) is 0 Å². The molecule has 0 unspecified atom stereocenters. The van der Waals surface area contributed by atoms with Crippen LogP contribution >= 0.6 is 0 Å². The maximum atomic E-state index is 12.9. The largest absolute Gasteiger partial charge is 0.476 e. The van der Waals surface area contributed by atoms with E-state index >= 15 is 0 Å². The summed E-state index contributed by atoms with van der Waals surface area (Å²) in [5.41, 5.74) is 1.57. The molecule has 2 amide bonds. The Labute approximate surface area is 152 Å². The quantitative estimate of drug-likeness (QED) is 0.689. The van der Waals surface area contributed by atoms with Crippen molar-refractivity contribution in [2.24, 2.45) is 0 Å². The zero-order valence-corrected chi connectivity index (χ0v) is 14.6. The minimum absolute atomic E-state index is 0.251. The van der Waals surface area contributed by atoms with E-state index in [1.807, 2.05) is 49.4 Å². The van der Waals surface area contributed by atoms with Crippen LogP contribution in [0.4, 0.5) is 10.5 Å². The number of carbonyl (C=O) groups is 1. The van der Waals surface area contributed by atoms with Crippen LogP contribution in [0.15, 0.2) is 71.5 Å². The van der Waals surface area contributed by atoms with Gasteiger partial charge in [0.1, 0.15) is 11.4 Å².